The molecule has 0 saturated heterocycles. The number of esters is 1. The van der Waals surface area contributed by atoms with Gasteiger partial charge in [0.15, 0.2) is 0 Å². The Morgan fingerprint density at radius 1 is 1.50 bits per heavy atom. The van der Waals surface area contributed by atoms with E-state index >= 15 is 0 Å². The molecule has 18 heavy (non-hydrogen) atoms. The van der Waals surface area contributed by atoms with Gasteiger partial charge in [-0.05, 0) is 38.2 Å². The molecule has 1 aliphatic carbocycles. The third-order valence-corrected chi connectivity index (χ3v) is 2.97. The molecule has 3 heteroatoms. The molecule has 1 rings (SSSR count). The fourth-order valence-electron chi connectivity index (χ4n) is 2.00. The van der Waals surface area contributed by atoms with Gasteiger partial charge in [0.25, 0.3) is 0 Å². The maximum Gasteiger partial charge on any atom is 0.309 e. The van der Waals surface area contributed by atoms with Gasteiger partial charge < -0.3 is 9.84 Å². The summed E-state index contributed by atoms with van der Waals surface area (Å²) < 4.78 is 5.02. The largest absolute Gasteiger partial charge is 0.466 e. The summed E-state index contributed by atoms with van der Waals surface area (Å²) in [6, 6.07) is 0. The van der Waals surface area contributed by atoms with Crippen molar-refractivity contribution in [1.29, 1.82) is 0 Å². The van der Waals surface area contributed by atoms with Crippen LogP contribution < -0.4 is 0 Å². The van der Waals surface area contributed by atoms with Crippen LogP contribution in [0.1, 0.15) is 26.7 Å². The van der Waals surface area contributed by atoms with E-state index in [1.165, 1.54) is 0 Å². The summed E-state index contributed by atoms with van der Waals surface area (Å²) in [6.45, 7) is 8.20. The van der Waals surface area contributed by atoms with Gasteiger partial charge in [-0.25, -0.2) is 0 Å². The van der Waals surface area contributed by atoms with Crippen LogP contribution in [0.25, 0.3) is 0 Å². The molecular weight excluding hydrogens is 228 g/mol. The second-order valence-electron chi connectivity index (χ2n) is 4.48. The topological polar surface area (TPSA) is 46.5 Å². The van der Waals surface area contributed by atoms with Gasteiger partial charge in [0.2, 0.25) is 0 Å². The van der Waals surface area contributed by atoms with Crippen LogP contribution in [-0.2, 0) is 9.53 Å². The average molecular weight is 250 g/mol. The minimum atomic E-state index is -0.106. The van der Waals surface area contributed by atoms with Gasteiger partial charge in [0.05, 0.1) is 12.5 Å². The van der Waals surface area contributed by atoms with E-state index in [-0.39, 0.29) is 24.4 Å². The van der Waals surface area contributed by atoms with Crippen molar-refractivity contribution >= 4 is 5.97 Å². The van der Waals surface area contributed by atoms with Gasteiger partial charge in [0, 0.05) is 6.61 Å². The highest BCUT2D eigenvalue weighted by molar-refractivity contribution is 5.77. The van der Waals surface area contributed by atoms with Crippen LogP contribution in [0.2, 0.25) is 0 Å². The average Bonchev–Trinajstić information content (AvgIpc) is 3.09. The van der Waals surface area contributed by atoms with E-state index in [4.69, 9.17) is 9.84 Å². The molecule has 100 valence electrons. The van der Waals surface area contributed by atoms with E-state index in [9.17, 15) is 4.79 Å². The Morgan fingerprint density at radius 2 is 2.22 bits per heavy atom. The highest BCUT2D eigenvalue weighted by atomic mass is 16.5. The Labute approximate surface area is 109 Å². The van der Waals surface area contributed by atoms with Crippen LogP contribution in [-0.4, -0.2) is 24.3 Å². The molecule has 0 spiro atoms. The third kappa shape index (κ3) is 4.15. The summed E-state index contributed by atoms with van der Waals surface area (Å²) in [4.78, 5) is 11.6. The van der Waals surface area contributed by atoms with Gasteiger partial charge in [-0.1, -0.05) is 30.4 Å². The molecule has 1 fully saturated rings. The molecule has 0 aromatic carbocycles. The van der Waals surface area contributed by atoms with Gasteiger partial charge in [-0.15, -0.1) is 0 Å². The van der Waals surface area contributed by atoms with Crippen molar-refractivity contribution in [3.63, 3.8) is 0 Å². The molecule has 1 saturated carbocycles. The first-order valence-electron chi connectivity index (χ1n) is 6.43. The fourth-order valence-corrected chi connectivity index (χ4v) is 2.00. The molecular formula is C15H22O3. The van der Waals surface area contributed by atoms with E-state index < -0.39 is 0 Å². The zero-order chi connectivity index (χ0) is 13.5. The smallest absolute Gasteiger partial charge is 0.309 e. The zero-order valence-electron chi connectivity index (χ0n) is 11.2. The second-order valence-corrected chi connectivity index (χ2v) is 4.48. The Kier molecular flexibility index (Phi) is 5.86. The Morgan fingerprint density at radius 3 is 2.78 bits per heavy atom. The molecule has 3 nitrogen and oxygen atoms in total. The van der Waals surface area contributed by atoms with Crippen molar-refractivity contribution in [3.05, 3.63) is 36.0 Å². The minimum absolute atomic E-state index is 0.00525. The maximum absolute atomic E-state index is 11.6. The number of rotatable bonds is 7. The summed E-state index contributed by atoms with van der Waals surface area (Å²) in [6.07, 6.45) is 7.35. The Hall–Kier alpha value is -1.35. The molecule has 0 bridgehead atoms. The van der Waals surface area contributed by atoms with Gasteiger partial charge in [-0.2, -0.15) is 0 Å². The summed E-state index contributed by atoms with van der Waals surface area (Å²) in [5.74, 6) is 0.135. The molecule has 0 aliphatic heterocycles. The Bertz CT molecular complexity index is 366. The van der Waals surface area contributed by atoms with E-state index in [2.05, 4.69) is 6.58 Å². The first kappa shape index (κ1) is 14.7. The van der Waals surface area contributed by atoms with Crippen LogP contribution in [0.5, 0.6) is 0 Å². The number of aliphatic hydroxyl groups is 1. The van der Waals surface area contributed by atoms with E-state index in [1.807, 2.05) is 32.1 Å². The van der Waals surface area contributed by atoms with Crippen molar-refractivity contribution in [2.24, 2.45) is 11.8 Å². The summed E-state index contributed by atoms with van der Waals surface area (Å²) in [5, 5.41) is 8.86. The van der Waals surface area contributed by atoms with Crippen molar-refractivity contribution in [2.75, 3.05) is 13.2 Å². The van der Waals surface area contributed by atoms with Crippen LogP contribution in [0, 0.1) is 11.8 Å². The first-order valence-corrected chi connectivity index (χ1v) is 6.43. The molecule has 0 aromatic heterocycles. The molecule has 1 aliphatic rings. The van der Waals surface area contributed by atoms with Gasteiger partial charge in [-0.3, -0.25) is 4.79 Å². The number of carbonyl (C=O) groups is 1. The lowest BCUT2D eigenvalue weighted by Gasteiger charge is -2.04. The predicted octanol–water partition coefficient (Wildman–Crippen LogP) is 2.63. The minimum Gasteiger partial charge on any atom is -0.466 e. The quantitative estimate of drug-likeness (QED) is 0.558. The maximum atomic E-state index is 11.6. The molecule has 2 unspecified atom stereocenters. The molecule has 2 atom stereocenters. The van der Waals surface area contributed by atoms with Crippen LogP contribution in [0.4, 0.5) is 0 Å². The zero-order valence-corrected chi connectivity index (χ0v) is 11.2. The standard InChI is InChI=1S/C15H22O3/c1-4-6-12(9-11(3)7-8-16)13-10-14(13)15(17)18-5-2/h4,6,9,13-14,16H,3,5,7-8,10H2,1-2H3/b6-4-,12-9+. The summed E-state index contributed by atoms with van der Waals surface area (Å²) in [7, 11) is 0. The van der Waals surface area contributed by atoms with Crippen molar-refractivity contribution < 1.29 is 14.6 Å². The first-order chi connectivity index (χ1) is 8.63. The second kappa shape index (κ2) is 7.17. The Balaban J connectivity index is 2.66. The van der Waals surface area contributed by atoms with E-state index in [0.29, 0.717) is 13.0 Å². The lowest BCUT2D eigenvalue weighted by Crippen LogP contribution is -2.08. The third-order valence-electron chi connectivity index (χ3n) is 2.97. The predicted molar refractivity (Wildman–Crippen MR) is 72.0 cm³/mol. The molecule has 0 aromatic rings. The number of hydrogen-bond donors (Lipinski definition) is 1. The van der Waals surface area contributed by atoms with E-state index in [1.54, 1.807) is 0 Å². The van der Waals surface area contributed by atoms with Crippen LogP contribution in [0.3, 0.4) is 0 Å². The number of aliphatic hydroxyl groups excluding tert-OH is 1. The monoisotopic (exact) mass is 250 g/mol. The lowest BCUT2D eigenvalue weighted by atomic mass is 10.0. The highest BCUT2D eigenvalue weighted by Gasteiger charge is 2.45. The number of ether oxygens (including phenoxy) is 1. The molecule has 0 radical (unpaired) electrons. The summed E-state index contributed by atoms with van der Waals surface area (Å²) in [5.41, 5.74) is 1.99. The van der Waals surface area contributed by atoms with Gasteiger partial charge in [0.1, 0.15) is 0 Å². The van der Waals surface area contributed by atoms with Gasteiger partial charge >= 0.3 is 5.97 Å². The fraction of sp³-hybridized carbons (Fsp3) is 0.533. The number of hydrogen-bond acceptors (Lipinski definition) is 3. The number of allylic oxidation sites excluding steroid dienone is 4. The molecule has 0 heterocycles. The van der Waals surface area contributed by atoms with Crippen molar-refractivity contribution in [1.82, 2.24) is 0 Å². The highest BCUT2D eigenvalue weighted by Crippen LogP contribution is 2.45. The molecule has 0 amide bonds. The normalized spacial score (nSPS) is 23.2. The van der Waals surface area contributed by atoms with Crippen LogP contribution in [0.15, 0.2) is 36.0 Å². The molecule has 1 N–H and O–H groups in total. The van der Waals surface area contributed by atoms with Crippen LogP contribution >= 0.6 is 0 Å². The lowest BCUT2D eigenvalue weighted by molar-refractivity contribution is -0.144. The summed E-state index contributed by atoms with van der Waals surface area (Å²) >= 11 is 0. The van der Waals surface area contributed by atoms with Crippen molar-refractivity contribution in [2.45, 2.75) is 26.7 Å². The van der Waals surface area contributed by atoms with E-state index in [0.717, 1.165) is 17.6 Å². The number of carbonyl (C=O) groups excluding carboxylic acids is 1. The SMILES string of the molecule is C=C(/C=C(\C=C/C)C1CC1C(=O)OCC)CCO. The van der Waals surface area contributed by atoms with Crippen molar-refractivity contribution in [3.8, 4) is 0 Å².